The minimum absolute atomic E-state index is 0. The summed E-state index contributed by atoms with van der Waals surface area (Å²) in [6.45, 7) is 12.4. The Morgan fingerprint density at radius 1 is 0.577 bits per heavy atom. The first kappa shape index (κ1) is 27.5. The van der Waals surface area contributed by atoms with E-state index in [1.807, 2.05) is 0 Å². The zero-order valence-electron chi connectivity index (χ0n) is 15.9. The van der Waals surface area contributed by atoms with Gasteiger partial charge in [0.05, 0.1) is 0 Å². The summed E-state index contributed by atoms with van der Waals surface area (Å²) >= 11 is 0. The summed E-state index contributed by atoms with van der Waals surface area (Å²) in [5, 5.41) is 10.5. The average Bonchev–Trinajstić information content (AvgIpc) is 2.51. The van der Waals surface area contributed by atoms with E-state index in [0.717, 1.165) is 26.2 Å². The number of hydrogen-bond donors (Lipinski definition) is 3. The van der Waals surface area contributed by atoms with Gasteiger partial charge in [-0.1, -0.05) is 36.4 Å². The van der Waals surface area contributed by atoms with Gasteiger partial charge in [0.15, 0.2) is 0 Å². The van der Waals surface area contributed by atoms with Crippen LogP contribution in [0.25, 0.3) is 0 Å². The molecule has 0 radical (unpaired) electrons. The molecule has 0 spiro atoms. The van der Waals surface area contributed by atoms with Crippen LogP contribution in [0.3, 0.4) is 0 Å². The van der Waals surface area contributed by atoms with Crippen molar-refractivity contribution < 1.29 is 45.2 Å². The molecule has 3 nitrogen and oxygen atoms in total. The van der Waals surface area contributed by atoms with Crippen LogP contribution in [0.2, 0.25) is 0 Å². The number of halogens is 2. The van der Waals surface area contributed by atoms with Crippen molar-refractivity contribution in [3.05, 3.63) is 58.7 Å². The first-order valence-electron chi connectivity index (χ1n) is 8.40. The summed E-state index contributed by atoms with van der Waals surface area (Å²) < 4.78 is 0. The average molecular weight is 489 g/mol. The van der Waals surface area contributed by atoms with Crippen molar-refractivity contribution >= 4 is 11.4 Å². The topological polar surface area (TPSA) is 36.1 Å². The van der Waals surface area contributed by atoms with Crippen LogP contribution in [0.4, 0.5) is 11.4 Å². The Bertz CT molecular complexity index is 555. The van der Waals surface area contributed by atoms with Crippen LogP contribution in [-0.4, -0.2) is 26.2 Å². The van der Waals surface area contributed by atoms with Gasteiger partial charge >= 0.3 is 20.4 Å². The predicted molar refractivity (Wildman–Crippen MR) is 102 cm³/mol. The van der Waals surface area contributed by atoms with Gasteiger partial charge in [0, 0.05) is 37.6 Å². The first-order chi connectivity index (χ1) is 11.1. The molecule has 0 saturated carbocycles. The molecule has 0 aliphatic carbocycles. The number of hydrogen-bond acceptors (Lipinski definition) is 3. The summed E-state index contributed by atoms with van der Waals surface area (Å²) in [6, 6.07) is 12.8. The van der Waals surface area contributed by atoms with E-state index in [-0.39, 0.29) is 45.2 Å². The number of para-hydroxylation sites is 2. The molecular weight excluding hydrogens is 460 g/mol. The Balaban J connectivity index is 0. The number of aryl methyl sites for hydroxylation is 4. The van der Waals surface area contributed by atoms with Crippen LogP contribution < -0.4 is 40.8 Å². The Kier molecular flexibility index (Phi) is 15.1. The fourth-order valence-corrected chi connectivity index (χ4v) is 2.86. The fraction of sp³-hybridized carbons (Fsp3) is 0.400. The van der Waals surface area contributed by atoms with Crippen LogP contribution >= 0.6 is 0 Å². The molecule has 0 unspecified atom stereocenters. The van der Waals surface area contributed by atoms with Gasteiger partial charge in [-0.3, -0.25) is 0 Å². The fourth-order valence-electron chi connectivity index (χ4n) is 2.86. The van der Waals surface area contributed by atoms with E-state index in [9.17, 15) is 0 Å². The Morgan fingerprint density at radius 2 is 0.885 bits per heavy atom. The molecule has 3 N–H and O–H groups in total. The molecule has 0 atom stereocenters. The van der Waals surface area contributed by atoms with E-state index in [1.54, 1.807) is 0 Å². The van der Waals surface area contributed by atoms with Gasteiger partial charge < -0.3 is 40.8 Å². The zero-order chi connectivity index (χ0) is 16.7. The van der Waals surface area contributed by atoms with Gasteiger partial charge in [-0.2, -0.15) is 0 Å². The van der Waals surface area contributed by atoms with Crippen LogP contribution in [0.1, 0.15) is 22.3 Å². The van der Waals surface area contributed by atoms with Gasteiger partial charge in [0.25, 0.3) is 0 Å². The van der Waals surface area contributed by atoms with Crippen LogP contribution in [-0.2, 0) is 20.4 Å². The molecular formula is C20H29Cl2N3Pd. The van der Waals surface area contributed by atoms with Gasteiger partial charge in [-0.15, -0.1) is 0 Å². The van der Waals surface area contributed by atoms with Gasteiger partial charge in [-0.25, -0.2) is 0 Å². The van der Waals surface area contributed by atoms with E-state index in [4.69, 9.17) is 0 Å². The minimum Gasteiger partial charge on any atom is -1.00 e. The summed E-state index contributed by atoms with van der Waals surface area (Å²) in [7, 11) is 0. The van der Waals surface area contributed by atoms with Gasteiger partial charge in [0.2, 0.25) is 0 Å². The van der Waals surface area contributed by atoms with E-state index >= 15 is 0 Å². The third-order valence-electron chi connectivity index (χ3n) is 4.17. The molecule has 0 aromatic heterocycles. The summed E-state index contributed by atoms with van der Waals surface area (Å²) in [6.07, 6.45) is 0. The Hall–Kier alpha value is -0.758. The third kappa shape index (κ3) is 8.29. The molecule has 0 aliphatic rings. The van der Waals surface area contributed by atoms with Crippen molar-refractivity contribution in [2.45, 2.75) is 27.7 Å². The predicted octanol–water partition coefficient (Wildman–Crippen LogP) is -1.96. The maximum absolute atomic E-state index is 3.53. The second kappa shape index (κ2) is 14.3. The third-order valence-corrected chi connectivity index (χ3v) is 4.17. The van der Waals surface area contributed by atoms with Crippen LogP contribution in [0.15, 0.2) is 36.4 Å². The normalized spacial score (nSPS) is 9.38. The quantitative estimate of drug-likeness (QED) is 0.298. The first-order valence-corrected chi connectivity index (χ1v) is 8.40. The molecule has 0 saturated heterocycles. The van der Waals surface area contributed by atoms with Gasteiger partial charge in [0.1, 0.15) is 0 Å². The minimum atomic E-state index is 0. The smallest absolute Gasteiger partial charge is 1.00 e. The monoisotopic (exact) mass is 487 g/mol. The Morgan fingerprint density at radius 3 is 1.19 bits per heavy atom. The van der Waals surface area contributed by atoms with E-state index in [1.165, 1.54) is 33.6 Å². The molecule has 2 rings (SSSR count). The van der Waals surface area contributed by atoms with Crippen molar-refractivity contribution in [3.63, 3.8) is 0 Å². The molecule has 0 bridgehead atoms. The molecule has 26 heavy (non-hydrogen) atoms. The molecule has 0 fully saturated rings. The van der Waals surface area contributed by atoms with Gasteiger partial charge in [-0.05, 0) is 49.9 Å². The SMILES string of the molecule is Cc1cccc(C)c1NCCNCCNc1c(C)cccc1C.[Cl-].[Cl-].[Pd+2]. The molecule has 0 heterocycles. The van der Waals surface area contributed by atoms with E-state index < -0.39 is 0 Å². The second-order valence-electron chi connectivity index (χ2n) is 6.14. The van der Waals surface area contributed by atoms with Crippen molar-refractivity contribution in [2.24, 2.45) is 0 Å². The summed E-state index contributed by atoms with van der Waals surface area (Å²) in [5.41, 5.74) is 7.76. The number of nitrogens with one attached hydrogen (secondary N) is 3. The maximum Gasteiger partial charge on any atom is 2.00 e. The molecule has 2 aromatic carbocycles. The largest absolute Gasteiger partial charge is 2.00 e. The maximum atomic E-state index is 3.53. The van der Waals surface area contributed by atoms with Crippen molar-refractivity contribution in [1.29, 1.82) is 0 Å². The van der Waals surface area contributed by atoms with Crippen molar-refractivity contribution in [3.8, 4) is 0 Å². The van der Waals surface area contributed by atoms with E-state index in [2.05, 4.69) is 80.0 Å². The number of anilines is 2. The van der Waals surface area contributed by atoms with Crippen LogP contribution in [0, 0.1) is 27.7 Å². The molecule has 2 aromatic rings. The molecule has 6 heteroatoms. The van der Waals surface area contributed by atoms with E-state index in [0.29, 0.717) is 0 Å². The zero-order valence-corrected chi connectivity index (χ0v) is 18.9. The molecule has 0 aliphatic heterocycles. The van der Waals surface area contributed by atoms with Crippen molar-refractivity contribution in [2.75, 3.05) is 36.8 Å². The summed E-state index contributed by atoms with van der Waals surface area (Å²) in [5.74, 6) is 0. The Labute approximate surface area is 184 Å². The summed E-state index contributed by atoms with van der Waals surface area (Å²) in [4.78, 5) is 0. The van der Waals surface area contributed by atoms with Crippen molar-refractivity contribution in [1.82, 2.24) is 5.32 Å². The molecule has 148 valence electrons. The number of benzene rings is 2. The standard InChI is InChI=1S/C20H29N3.2ClH.Pd/c1-15-7-5-8-16(2)19(15)22-13-11-21-12-14-23-20-17(3)9-6-10-18(20)4;;;/h5-10,21-23H,11-14H2,1-4H3;2*1H;/q;;;+2/p-2. The van der Waals surface area contributed by atoms with Crippen LogP contribution in [0.5, 0.6) is 0 Å². The molecule has 0 amide bonds. The number of rotatable bonds is 8. The second-order valence-corrected chi connectivity index (χ2v) is 6.14.